The first-order chi connectivity index (χ1) is 22.7. The molecule has 2 aliphatic rings. The summed E-state index contributed by atoms with van der Waals surface area (Å²) < 4.78 is 17.4. The van der Waals surface area contributed by atoms with Crippen LogP contribution in [0.15, 0.2) is 77.7 Å². The normalized spacial score (nSPS) is 16.6. The van der Waals surface area contributed by atoms with E-state index in [1.165, 1.54) is 24.2 Å². The summed E-state index contributed by atoms with van der Waals surface area (Å²) in [5.74, 6) is -1.37. The lowest BCUT2D eigenvalue weighted by Gasteiger charge is -2.36. The zero-order chi connectivity index (χ0) is 33.2. The van der Waals surface area contributed by atoms with Crippen LogP contribution in [0, 0.1) is 5.82 Å². The topological polar surface area (TPSA) is 86.2 Å². The number of likely N-dealkylation sites (N-methyl/N-ethyl adjacent to an activating group) is 1. The smallest absolute Gasteiger partial charge is 0.259 e. The van der Waals surface area contributed by atoms with E-state index < -0.39 is 23.2 Å². The molecule has 3 amide bonds. The van der Waals surface area contributed by atoms with Gasteiger partial charge in [0.25, 0.3) is 5.91 Å². The number of aromatic nitrogens is 1. The number of nitrogens with zero attached hydrogens (tertiary/aromatic N) is 5. The van der Waals surface area contributed by atoms with Gasteiger partial charge in [-0.1, -0.05) is 54.1 Å². The summed E-state index contributed by atoms with van der Waals surface area (Å²) in [7, 11) is 1.51. The van der Waals surface area contributed by atoms with Gasteiger partial charge in [-0.3, -0.25) is 19.2 Å². The van der Waals surface area contributed by atoms with Gasteiger partial charge in [-0.15, -0.1) is 0 Å². The molecule has 0 N–H and O–H groups in total. The Kier molecular flexibility index (Phi) is 9.31. The van der Waals surface area contributed by atoms with Crippen molar-refractivity contribution in [3.8, 4) is 0 Å². The van der Waals surface area contributed by atoms with Gasteiger partial charge in [-0.2, -0.15) is 0 Å². The first-order valence-corrected chi connectivity index (χ1v) is 16.3. The van der Waals surface area contributed by atoms with Crippen LogP contribution in [0.3, 0.4) is 0 Å². The van der Waals surface area contributed by atoms with E-state index in [1.807, 2.05) is 47.1 Å². The summed E-state index contributed by atoms with van der Waals surface area (Å²) in [6.45, 7) is 4.55. The lowest BCUT2D eigenvalue weighted by molar-refractivity contribution is -0.131. The second kappa shape index (κ2) is 13.6. The number of rotatable bonds is 8. The first-order valence-electron chi connectivity index (χ1n) is 15.9. The molecule has 1 atom stereocenters. The number of para-hydroxylation sites is 1. The minimum absolute atomic E-state index is 0.0744. The maximum absolute atomic E-state index is 15.7. The molecule has 3 aromatic carbocycles. The number of hydrogen-bond acceptors (Lipinski definition) is 5. The first kappa shape index (κ1) is 32.2. The molecule has 2 fully saturated rings. The zero-order valence-corrected chi connectivity index (χ0v) is 27.3. The summed E-state index contributed by atoms with van der Waals surface area (Å²) in [5, 5.41) is 0.531. The average molecular weight is 658 g/mol. The number of halogens is 2. The van der Waals surface area contributed by atoms with E-state index in [0.29, 0.717) is 80.4 Å². The lowest BCUT2D eigenvalue weighted by Crippen LogP contribution is -2.49. The molecule has 0 radical (unpaired) electrons. The van der Waals surface area contributed by atoms with Crippen LogP contribution >= 0.6 is 11.6 Å². The molecular weight excluding hydrogens is 621 g/mol. The van der Waals surface area contributed by atoms with Crippen molar-refractivity contribution in [1.82, 2.24) is 14.4 Å². The van der Waals surface area contributed by atoms with Crippen molar-refractivity contribution in [2.45, 2.75) is 38.8 Å². The van der Waals surface area contributed by atoms with E-state index >= 15 is 4.39 Å². The molecule has 6 rings (SSSR count). The highest BCUT2D eigenvalue weighted by Crippen LogP contribution is 2.31. The van der Waals surface area contributed by atoms with Crippen molar-refractivity contribution in [3.63, 3.8) is 0 Å². The van der Waals surface area contributed by atoms with Gasteiger partial charge < -0.3 is 24.2 Å². The number of piperazine rings is 1. The van der Waals surface area contributed by atoms with Crippen LogP contribution in [0.2, 0.25) is 5.02 Å². The van der Waals surface area contributed by atoms with Crippen molar-refractivity contribution in [3.05, 3.63) is 105 Å². The van der Waals surface area contributed by atoms with Crippen LogP contribution in [0.1, 0.15) is 35.7 Å². The van der Waals surface area contributed by atoms with Crippen LogP contribution < -0.4 is 15.2 Å². The Morgan fingerprint density at radius 2 is 1.64 bits per heavy atom. The van der Waals surface area contributed by atoms with Crippen LogP contribution in [0.4, 0.5) is 15.8 Å². The predicted octanol–water partition coefficient (Wildman–Crippen LogP) is 4.97. The van der Waals surface area contributed by atoms with Gasteiger partial charge >= 0.3 is 0 Å². The average Bonchev–Trinajstić information content (AvgIpc) is 3.48. The number of aryl methyl sites for hydroxylation is 2. The number of carbonyl (C=O) groups is 3. The maximum Gasteiger partial charge on any atom is 0.259 e. The molecule has 0 aliphatic carbocycles. The fourth-order valence-electron chi connectivity index (χ4n) is 6.57. The number of amides is 3. The Morgan fingerprint density at radius 3 is 2.34 bits per heavy atom. The monoisotopic (exact) mass is 657 g/mol. The molecule has 1 aromatic heterocycles. The Labute approximate surface area is 277 Å². The SMILES string of the molecule is CCn1cc(C(=O)N(C)C2CCN(c3ccccc3Cl)C2=O)c(=O)c2cc(F)c(N3CCN(C(=O)CCc4ccccc4)CC3)cc21. The number of pyridine rings is 1. The summed E-state index contributed by atoms with van der Waals surface area (Å²) in [6, 6.07) is 19.0. The molecule has 9 nitrogen and oxygen atoms in total. The molecule has 47 heavy (non-hydrogen) atoms. The molecule has 2 aliphatic heterocycles. The Bertz CT molecular complexity index is 1890. The quantitative estimate of drug-likeness (QED) is 0.267. The van der Waals surface area contributed by atoms with Crippen molar-refractivity contribution >= 4 is 51.6 Å². The Balaban J connectivity index is 1.18. The van der Waals surface area contributed by atoms with Gasteiger partial charge in [0.1, 0.15) is 17.4 Å². The molecule has 1 unspecified atom stereocenters. The fourth-order valence-corrected chi connectivity index (χ4v) is 6.81. The summed E-state index contributed by atoms with van der Waals surface area (Å²) in [4.78, 5) is 60.2. The maximum atomic E-state index is 15.7. The van der Waals surface area contributed by atoms with E-state index in [0.717, 1.165) is 5.56 Å². The van der Waals surface area contributed by atoms with E-state index in [-0.39, 0.29) is 22.8 Å². The van der Waals surface area contributed by atoms with Crippen LogP contribution in [-0.2, 0) is 22.6 Å². The molecule has 2 saturated heterocycles. The molecular formula is C36H37ClFN5O4. The van der Waals surface area contributed by atoms with Gasteiger partial charge in [0, 0.05) is 64.3 Å². The fraction of sp³-hybridized carbons (Fsp3) is 0.333. The third-order valence-electron chi connectivity index (χ3n) is 9.27. The van der Waals surface area contributed by atoms with Gasteiger partial charge in [0.15, 0.2) is 0 Å². The van der Waals surface area contributed by atoms with Gasteiger partial charge in [-0.05, 0) is 49.6 Å². The summed E-state index contributed by atoms with van der Waals surface area (Å²) in [5.41, 5.74) is 1.83. The molecule has 0 saturated carbocycles. The molecule has 3 heterocycles. The standard InChI is InChI=1S/C36H37ClFN5O4/c1-3-40-23-26(35(46)39(2)30-15-16-43(36(30)47)29-12-8-7-11-27(29)37)34(45)25-21-28(38)32(22-31(25)40)41-17-19-42(20-18-41)33(44)14-13-24-9-5-4-6-10-24/h4-12,21-23,30H,3,13-20H2,1-2H3. The second-order valence-corrected chi connectivity index (χ2v) is 12.4. The number of carbonyl (C=O) groups excluding carboxylic acids is 3. The molecule has 0 bridgehead atoms. The largest absolute Gasteiger partial charge is 0.366 e. The van der Waals surface area contributed by atoms with Crippen LogP contribution in [0.5, 0.6) is 0 Å². The highest BCUT2D eigenvalue weighted by molar-refractivity contribution is 6.34. The van der Waals surface area contributed by atoms with E-state index in [9.17, 15) is 19.2 Å². The molecule has 11 heteroatoms. The van der Waals surface area contributed by atoms with Crippen molar-refractivity contribution < 1.29 is 18.8 Å². The van der Waals surface area contributed by atoms with Crippen LogP contribution in [-0.4, -0.2) is 77.9 Å². The molecule has 4 aromatic rings. The summed E-state index contributed by atoms with van der Waals surface area (Å²) in [6.07, 6.45) is 2.97. The van der Waals surface area contributed by atoms with Crippen molar-refractivity contribution in [2.75, 3.05) is 49.6 Å². The minimum Gasteiger partial charge on any atom is -0.366 e. The Hall–Kier alpha value is -4.70. The van der Waals surface area contributed by atoms with Gasteiger partial charge in [0.2, 0.25) is 17.2 Å². The highest BCUT2D eigenvalue weighted by Gasteiger charge is 2.38. The Morgan fingerprint density at radius 1 is 0.936 bits per heavy atom. The van der Waals surface area contributed by atoms with Gasteiger partial charge in [-0.25, -0.2) is 4.39 Å². The van der Waals surface area contributed by atoms with Crippen molar-refractivity contribution in [2.24, 2.45) is 0 Å². The third-order valence-corrected chi connectivity index (χ3v) is 9.59. The molecule has 244 valence electrons. The second-order valence-electron chi connectivity index (χ2n) is 12.0. The third kappa shape index (κ3) is 6.34. The number of anilines is 2. The van der Waals surface area contributed by atoms with Gasteiger partial charge in [0.05, 0.1) is 21.9 Å². The van der Waals surface area contributed by atoms with E-state index in [2.05, 4.69) is 0 Å². The van der Waals surface area contributed by atoms with Crippen LogP contribution in [0.25, 0.3) is 10.9 Å². The van der Waals surface area contributed by atoms with E-state index in [1.54, 1.807) is 39.8 Å². The highest BCUT2D eigenvalue weighted by atomic mass is 35.5. The summed E-state index contributed by atoms with van der Waals surface area (Å²) >= 11 is 6.32. The number of fused-ring (bicyclic) bond motifs is 1. The lowest BCUT2D eigenvalue weighted by atomic mass is 10.1. The number of hydrogen-bond donors (Lipinski definition) is 0. The zero-order valence-electron chi connectivity index (χ0n) is 26.5. The van der Waals surface area contributed by atoms with E-state index in [4.69, 9.17) is 11.6 Å². The minimum atomic E-state index is -0.771. The predicted molar refractivity (Wildman–Crippen MR) is 182 cm³/mol. The van der Waals surface area contributed by atoms with Crippen molar-refractivity contribution in [1.29, 1.82) is 0 Å². The molecule has 0 spiro atoms. The number of benzene rings is 3.